The molecule has 0 fully saturated rings. The Morgan fingerprint density at radius 3 is 0.975 bits per heavy atom. The summed E-state index contributed by atoms with van der Waals surface area (Å²) in [7, 11) is 0. The van der Waals surface area contributed by atoms with Gasteiger partial charge in [-0.2, -0.15) is 0 Å². The van der Waals surface area contributed by atoms with E-state index in [0.717, 1.165) is 77.3 Å². The molecule has 0 unspecified atom stereocenters. The molecule has 1 aliphatic heterocycles. The maximum atomic E-state index is 15.1. The van der Waals surface area contributed by atoms with Crippen LogP contribution in [-0.2, 0) is 25.7 Å². The monoisotopic (exact) mass is 1210 g/mol. The SMILES string of the molecule is CCCCCCCCc1ccsc1-c1ccc(-c2sc(-c3sc(-c4cc(CCCCCCCC)c(-c5ccc(-c6sccc6CCCCCCCC)s5)s4)c4c3C(=O)N(CCCCCCCC)C4=O)cc2CCCCCCCC)s1. The summed E-state index contributed by atoms with van der Waals surface area (Å²) in [6.45, 7) is 11.9. The van der Waals surface area contributed by atoms with Crippen LogP contribution >= 0.6 is 79.4 Å². The smallest absolute Gasteiger partial charge is 0.263 e. The summed E-state index contributed by atoms with van der Waals surface area (Å²) in [4.78, 5) is 47.1. The van der Waals surface area contributed by atoms with Crippen LogP contribution < -0.4 is 0 Å². The van der Waals surface area contributed by atoms with Gasteiger partial charge < -0.3 is 0 Å². The number of aryl methyl sites for hydroxylation is 4. The molecule has 0 saturated carbocycles. The Morgan fingerprint density at radius 2 is 0.613 bits per heavy atom. The van der Waals surface area contributed by atoms with E-state index in [1.54, 1.807) is 16.2 Å². The van der Waals surface area contributed by atoms with Crippen LogP contribution in [0, 0.1) is 0 Å². The number of rotatable bonds is 41. The largest absolute Gasteiger partial charge is 0.274 e. The van der Waals surface area contributed by atoms with Gasteiger partial charge in [-0.1, -0.05) is 195 Å². The molecule has 80 heavy (non-hydrogen) atoms. The van der Waals surface area contributed by atoms with Gasteiger partial charge >= 0.3 is 0 Å². The van der Waals surface area contributed by atoms with Gasteiger partial charge in [0.1, 0.15) is 0 Å². The summed E-state index contributed by atoms with van der Waals surface area (Å²) in [5, 5.41) is 4.59. The zero-order valence-electron chi connectivity index (χ0n) is 49.6. The lowest BCUT2D eigenvalue weighted by Gasteiger charge is -2.14. The lowest BCUT2D eigenvalue weighted by atomic mass is 10.0. The van der Waals surface area contributed by atoms with Crippen molar-refractivity contribution >= 4 is 91.2 Å². The summed E-state index contributed by atoms with van der Waals surface area (Å²) in [5.41, 5.74) is 7.10. The van der Waals surface area contributed by atoms with Crippen LogP contribution in [0.2, 0.25) is 0 Å². The Labute approximate surface area is 512 Å². The molecule has 8 heterocycles. The van der Waals surface area contributed by atoms with Crippen molar-refractivity contribution in [3.05, 3.63) is 92.7 Å². The predicted octanol–water partition coefficient (Wildman–Crippen LogP) is 25.7. The number of hydrogen-bond donors (Lipinski definition) is 0. The van der Waals surface area contributed by atoms with Gasteiger partial charge in [0, 0.05) is 55.3 Å². The van der Waals surface area contributed by atoms with Gasteiger partial charge in [0.05, 0.1) is 20.9 Å². The maximum Gasteiger partial charge on any atom is 0.263 e. The van der Waals surface area contributed by atoms with Crippen LogP contribution in [0.5, 0.6) is 0 Å². The first-order chi connectivity index (χ1) is 39.4. The summed E-state index contributed by atoms with van der Waals surface area (Å²) in [6, 6.07) is 19.1. The van der Waals surface area contributed by atoms with Gasteiger partial charge in [0.25, 0.3) is 11.8 Å². The quantitative estimate of drug-likeness (QED) is 0.0283. The minimum atomic E-state index is -0.0860. The number of carbonyl (C=O) groups excluding carboxylic acids is 2. The highest BCUT2D eigenvalue weighted by atomic mass is 32.1. The first-order valence-electron chi connectivity index (χ1n) is 32.0. The molecule has 8 rings (SSSR count). The van der Waals surface area contributed by atoms with E-state index in [9.17, 15) is 0 Å². The molecule has 0 N–H and O–H groups in total. The minimum Gasteiger partial charge on any atom is -0.274 e. The van der Waals surface area contributed by atoms with Gasteiger partial charge in [0.15, 0.2) is 0 Å². The molecule has 0 atom stereocenters. The fraction of sp³-hybridized carbons (Fsp3) is 0.571. The van der Waals surface area contributed by atoms with Gasteiger partial charge in [0.2, 0.25) is 0 Å². The third-order valence-electron chi connectivity index (χ3n) is 16.4. The molecule has 3 nitrogen and oxygen atoms in total. The number of fused-ring (bicyclic) bond motifs is 1. The fourth-order valence-electron chi connectivity index (χ4n) is 11.7. The van der Waals surface area contributed by atoms with Crippen molar-refractivity contribution in [1.29, 1.82) is 0 Å². The summed E-state index contributed by atoms with van der Waals surface area (Å²) in [5.74, 6) is -0.172. The van der Waals surface area contributed by atoms with E-state index < -0.39 is 0 Å². The van der Waals surface area contributed by atoms with Crippen molar-refractivity contribution in [3.8, 4) is 58.5 Å². The average Bonchev–Trinajstić information content (AvgIpc) is 4.44. The Kier molecular flexibility index (Phi) is 26.9. The number of thiophene rings is 7. The molecule has 0 bridgehead atoms. The van der Waals surface area contributed by atoms with Crippen LogP contribution in [0.25, 0.3) is 58.5 Å². The normalized spacial score (nSPS) is 12.6. The molecule has 7 aromatic heterocycles. The Morgan fingerprint density at radius 1 is 0.300 bits per heavy atom. The molecule has 0 radical (unpaired) electrons. The number of hydrogen-bond acceptors (Lipinski definition) is 9. The highest BCUT2D eigenvalue weighted by molar-refractivity contribution is 7.31. The topological polar surface area (TPSA) is 37.4 Å². The summed E-state index contributed by atoms with van der Waals surface area (Å²) < 4.78 is 0. The molecule has 10 heteroatoms. The third kappa shape index (κ3) is 17.1. The zero-order valence-corrected chi connectivity index (χ0v) is 55.4. The van der Waals surface area contributed by atoms with Crippen molar-refractivity contribution in [3.63, 3.8) is 0 Å². The van der Waals surface area contributed by atoms with Crippen LogP contribution in [0.15, 0.2) is 59.3 Å². The first-order valence-corrected chi connectivity index (χ1v) is 37.9. The highest BCUT2D eigenvalue weighted by Crippen LogP contribution is 2.54. The zero-order chi connectivity index (χ0) is 55.9. The molecular formula is C70H95NO2S7. The fourth-order valence-corrected chi connectivity index (χ4v) is 20.2. The predicted molar refractivity (Wildman–Crippen MR) is 361 cm³/mol. The van der Waals surface area contributed by atoms with Crippen molar-refractivity contribution < 1.29 is 9.59 Å². The Hall–Kier alpha value is -2.96. The van der Waals surface area contributed by atoms with Gasteiger partial charge in [-0.25, -0.2) is 0 Å². The second-order valence-electron chi connectivity index (χ2n) is 22.9. The average molecular weight is 1210 g/mol. The first kappa shape index (κ1) is 63.1. The summed E-state index contributed by atoms with van der Waals surface area (Å²) in [6.07, 6.45) is 41.9. The minimum absolute atomic E-state index is 0.0860. The number of unbranched alkanes of at least 4 members (excludes halogenated alkanes) is 25. The lowest BCUT2D eigenvalue weighted by Crippen LogP contribution is -2.31. The Bertz CT molecular complexity index is 2740. The van der Waals surface area contributed by atoms with E-state index in [1.807, 2.05) is 68.0 Å². The van der Waals surface area contributed by atoms with Crippen molar-refractivity contribution in [2.75, 3.05) is 6.54 Å². The van der Waals surface area contributed by atoms with E-state index in [0.29, 0.717) is 17.7 Å². The van der Waals surface area contributed by atoms with E-state index in [-0.39, 0.29) is 11.8 Å². The standard InChI is InChI=1S/C70H95NO2S7/c1-6-11-16-21-26-31-36-51-44-47-74-63(51)55-40-42-57(76-55)65-53(38-33-28-23-18-13-8-3)49-59(78-65)67-61-62(70(73)71(69(61)72)46-35-30-25-20-15-10-5)68(80-67)60-50-54(39-34-29-24-19-14-9-4)66(79-60)58-43-41-56(77-58)64-52(45-48-75-64)37-32-27-22-17-12-7-2/h40-45,47-50H,6-39,46H2,1-5H3. The van der Waals surface area contributed by atoms with Gasteiger partial charge in [-0.15, -0.1) is 79.4 Å². The molecule has 434 valence electrons. The number of nitrogens with zero attached hydrogens (tertiary/aromatic N) is 1. The number of imide groups is 1. The van der Waals surface area contributed by atoms with Crippen LogP contribution in [0.3, 0.4) is 0 Å². The summed E-state index contributed by atoms with van der Waals surface area (Å²) >= 11 is 13.1. The molecule has 0 spiro atoms. The van der Waals surface area contributed by atoms with E-state index in [4.69, 9.17) is 0 Å². The maximum absolute atomic E-state index is 15.1. The lowest BCUT2D eigenvalue weighted by molar-refractivity contribution is 0.0652. The van der Waals surface area contributed by atoms with Crippen molar-refractivity contribution in [2.24, 2.45) is 0 Å². The molecule has 7 aromatic rings. The second kappa shape index (κ2) is 34.1. The molecule has 0 aliphatic carbocycles. The highest BCUT2D eigenvalue weighted by Gasteiger charge is 2.43. The van der Waals surface area contributed by atoms with Gasteiger partial charge in [-0.05, 0) is 139 Å². The van der Waals surface area contributed by atoms with Crippen molar-refractivity contribution in [1.82, 2.24) is 4.90 Å². The van der Waals surface area contributed by atoms with Crippen molar-refractivity contribution in [2.45, 2.75) is 253 Å². The van der Waals surface area contributed by atoms with E-state index >= 15 is 9.59 Å². The molecule has 0 aromatic carbocycles. The van der Waals surface area contributed by atoms with E-state index in [2.05, 4.69) is 93.9 Å². The van der Waals surface area contributed by atoms with Gasteiger partial charge in [-0.3, -0.25) is 14.5 Å². The molecule has 0 saturated heterocycles. The Balaban J connectivity index is 1.15. The third-order valence-corrected chi connectivity index (χ3v) is 25.1. The van der Waals surface area contributed by atoms with Crippen LogP contribution in [0.1, 0.15) is 270 Å². The van der Waals surface area contributed by atoms with Crippen LogP contribution in [-0.4, -0.2) is 23.3 Å². The molecule has 1 aliphatic rings. The second-order valence-corrected chi connectivity index (χ2v) is 30.0. The number of carbonyl (C=O) groups is 2. The van der Waals surface area contributed by atoms with E-state index in [1.165, 1.54) is 222 Å². The molecule has 2 amide bonds. The van der Waals surface area contributed by atoms with Crippen LogP contribution in [0.4, 0.5) is 0 Å². The molecular weight excluding hydrogens is 1110 g/mol. The number of amides is 2.